The number of rotatable bonds is 8. The number of nitrogens with one attached hydrogen (secondary N) is 1. The second-order valence-electron chi connectivity index (χ2n) is 7.70. The zero-order valence-corrected chi connectivity index (χ0v) is 14.1. The molecule has 20 heavy (non-hydrogen) atoms. The summed E-state index contributed by atoms with van der Waals surface area (Å²) in [6, 6.07) is 0.404. The summed E-state index contributed by atoms with van der Waals surface area (Å²) in [5.41, 5.74) is 0.385. The fourth-order valence-electron chi connectivity index (χ4n) is 3.82. The number of amides is 1. The second-order valence-corrected chi connectivity index (χ2v) is 7.70. The minimum atomic E-state index is 0.274. The van der Waals surface area contributed by atoms with Gasteiger partial charge < -0.3 is 5.32 Å². The summed E-state index contributed by atoms with van der Waals surface area (Å²) in [5.74, 6) is 1.01. The molecule has 0 aliphatic heterocycles. The van der Waals surface area contributed by atoms with Gasteiger partial charge >= 0.3 is 0 Å². The van der Waals surface area contributed by atoms with Crippen molar-refractivity contribution in [2.24, 2.45) is 11.3 Å². The van der Waals surface area contributed by atoms with Gasteiger partial charge in [0.15, 0.2) is 0 Å². The smallest absolute Gasteiger partial charge is 0.220 e. The van der Waals surface area contributed by atoms with E-state index in [1.54, 1.807) is 0 Å². The van der Waals surface area contributed by atoms with Crippen molar-refractivity contribution in [2.45, 2.75) is 97.9 Å². The molecular weight excluding hydrogens is 246 g/mol. The summed E-state index contributed by atoms with van der Waals surface area (Å²) >= 11 is 0. The van der Waals surface area contributed by atoms with E-state index in [4.69, 9.17) is 0 Å². The Hall–Kier alpha value is -0.530. The van der Waals surface area contributed by atoms with Crippen molar-refractivity contribution < 1.29 is 4.79 Å². The van der Waals surface area contributed by atoms with E-state index in [0.717, 1.165) is 31.6 Å². The highest BCUT2D eigenvalue weighted by molar-refractivity contribution is 5.76. The van der Waals surface area contributed by atoms with Crippen LogP contribution in [0.1, 0.15) is 91.9 Å². The van der Waals surface area contributed by atoms with E-state index in [0.29, 0.717) is 11.5 Å². The molecule has 0 aromatic heterocycles. The van der Waals surface area contributed by atoms with Crippen molar-refractivity contribution in [3.8, 4) is 0 Å². The number of unbranched alkanes of at least 4 members (excludes halogenated alkanes) is 5. The van der Waals surface area contributed by atoms with Crippen LogP contribution in [-0.4, -0.2) is 11.9 Å². The van der Waals surface area contributed by atoms with Crippen LogP contribution in [0.5, 0.6) is 0 Å². The summed E-state index contributed by atoms with van der Waals surface area (Å²) in [7, 11) is 0. The molecule has 1 aliphatic carbocycles. The van der Waals surface area contributed by atoms with E-state index in [2.05, 4.69) is 33.0 Å². The highest BCUT2D eigenvalue weighted by Gasteiger charge is 2.32. The maximum absolute atomic E-state index is 12.0. The molecule has 0 saturated heterocycles. The van der Waals surface area contributed by atoms with Crippen LogP contribution in [0, 0.1) is 11.3 Å². The highest BCUT2D eigenvalue weighted by atomic mass is 16.1. The average Bonchev–Trinajstić information content (AvgIpc) is 2.30. The Labute approximate surface area is 126 Å². The fraction of sp³-hybridized carbons (Fsp3) is 0.944. The van der Waals surface area contributed by atoms with Gasteiger partial charge in [-0.05, 0) is 37.0 Å². The first-order chi connectivity index (χ1) is 9.43. The van der Waals surface area contributed by atoms with Gasteiger partial charge in [-0.15, -0.1) is 0 Å². The van der Waals surface area contributed by atoms with Gasteiger partial charge in [-0.25, -0.2) is 0 Å². The molecule has 2 heteroatoms. The van der Waals surface area contributed by atoms with Crippen molar-refractivity contribution in [1.29, 1.82) is 0 Å². The summed E-state index contributed by atoms with van der Waals surface area (Å²) < 4.78 is 0. The zero-order chi connectivity index (χ0) is 15.0. The van der Waals surface area contributed by atoms with Gasteiger partial charge in [-0.1, -0.05) is 59.8 Å². The molecule has 0 spiro atoms. The summed E-state index contributed by atoms with van der Waals surface area (Å²) in [6.45, 7) is 9.21. The molecule has 0 unspecified atom stereocenters. The predicted octanol–water partition coefficient (Wildman–Crippen LogP) is 5.07. The molecular formula is C18H35NO. The van der Waals surface area contributed by atoms with Crippen LogP contribution in [0.2, 0.25) is 0 Å². The van der Waals surface area contributed by atoms with E-state index in [1.165, 1.54) is 38.5 Å². The third kappa shape index (κ3) is 7.31. The maximum Gasteiger partial charge on any atom is 0.220 e. The average molecular weight is 281 g/mol. The van der Waals surface area contributed by atoms with Crippen LogP contribution in [0.25, 0.3) is 0 Å². The summed E-state index contributed by atoms with van der Waals surface area (Å²) in [4.78, 5) is 12.0. The highest BCUT2D eigenvalue weighted by Crippen LogP contribution is 2.38. The first-order valence-electron chi connectivity index (χ1n) is 8.72. The number of carbonyl (C=O) groups excluding carboxylic acids is 1. The lowest BCUT2D eigenvalue weighted by Crippen LogP contribution is -2.42. The van der Waals surface area contributed by atoms with E-state index in [-0.39, 0.29) is 5.91 Å². The molecule has 118 valence electrons. The predicted molar refractivity (Wildman–Crippen MR) is 86.7 cm³/mol. The van der Waals surface area contributed by atoms with Gasteiger partial charge in [0.05, 0.1) is 0 Å². The van der Waals surface area contributed by atoms with Crippen molar-refractivity contribution in [1.82, 2.24) is 5.32 Å². The Morgan fingerprint density at radius 3 is 2.40 bits per heavy atom. The third-order valence-corrected chi connectivity index (χ3v) is 4.51. The topological polar surface area (TPSA) is 29.1 Å². The van der Waals surface area contributed by atoms with Gasteiger partial charge in [-0.3, -0.25) is 4.79 Å². The molecule has 2 atom stereocenters. The lowest BCUT2D eigenvalue weighted by Gasteiger charge is -2.39. The van der Waals surface area contributed by atoms with Crippen LogP contribution in [-0.2, 0) is 4.79 Å². The monoisotopic (exact) mass is 281 g/mol. The number of hydrogen-bond donors (Lipinski definition) is 1. The van der Waals surface area contributed by atoms with Crippen molar-refractivity contribution in [2.75, 3.05) is 0 Å². The number of carbonyl (C=O) groups is 1. The second kappa shape index (κ2) is 8.69. The molecule has 1 fully saturated rings. The summed E-state index contributed by atoms with van der Waals surface area (Å²) in [6.07, 6.45) is 11.8. The van der Waals surface area contributed by atoms with E-state index >= 15 is 0 Å². The van der Waals surface area contributed by atoms with E-state index < -0.39 is 0 Å². The Morgan fingerprint density at radius 2 is 1.75 bits per heavy atom. The molecule has 0 bridgehead atoms. The molecule has 1 saturated carbocycles. The maximum atomic E-state index is 12.0. The first-order valence-corrected chi connectivity index (χ1v) is 8.72. The van der Waals surface area contributed by atoms with Crippen LogP contribution in [0.3, 0.4) is 0 Å². The van der Waals surface area contributed by atoms with E-state index in [9.17, 15) is 4.79 Å². The third-order valence-electron chi connectivity index (χ3n) is 4.51. The normalized spacial score (nSPS) is 25.4. The van der Waals surface area contributed by atoms with Gasteiger partial charge in [0.2, 0.25) is 5.91 Å². The van der Waals surface area contributed by atoms with Gasteiger partial charge in [-0.2, -0.15) is 0 Å². The zero-order valence-electron chi connectivity index (χ0n) is 14.1. The minimum absolute atomic E-state index is 0.274. The fourth-order valence-corrected chi connectivity index (χ4v) is 3.82. The quantitative estimate of drug-likeness (QED) is 0.618. The van der Waals surface area contributed by atoms with Crippen LogP contribution in [0.15, 0.2) is 0 Å². The molecule has 2 nitrogen and oxygen atoms in total. The molecule has 0 heterocycles. The van der Waals surface area contributed by atoms with E-state index in [1.807, 2.05) is 0 Å². The van der Waals surface area contributed by atoms with Crippen molar-refractivity contribution >= 4 is 5.91 Å². The molecule has 0 aromatic rings. The van der Waals surface area contributed by atoms with Crippen LogP contribution in [0.4, 0.5) is 0 Å². The molecule has 0 radical (unpaired) electrons. The van der Waals surface area contributed by atoms with Gasteiger partial charge in [0, 0.05) is 12.5 Å². The SMILES string of the molecule is CCCCCCCCC(=O)N[C@H]1C[C@@H](C)CC(C)(C)C1. The van der Waals surface area contributed by atoms with Crippen molar-refractivity contribution in [3.63, 3.8) is 0 Å². The Kier molecular flexibility index (Phi) is 7.61. The largest absolute Gasteiger partial charge is 0.353 e. The standard InChI is InChI=1S/C18H35NO/c1-5-6-7-8-9-10-11-17(20)19-16-12-15(2)13-18(3,4)14-16/h15-16H,5-14H2,1-4H3,(H,19,20)/t15-,16+/m1/s1. The first kappa shape index (κ1) is 17.5. The van der Waals surface area contributed by atoms with Crippen LogP contribution >= 0.6 is 0 Å². The lowest BCUT2D eigenvalue weighted by atomic mass is 9.70. The summed E-state index contributed by atoms with van der Waals surface area (Å²) in [5, 5.41) is 3.27. The van der Waals surface area contributed by atoms with Crippen molar-refractivity contribution in [3.05, 3.63) is 0 Å². The molecule has 1 N–H and O–H groups in total. The minimum Gasteiger partial charge on any atom is -0.353 e. The Morgan fingerprint density at radius 1 is 1.10 bits per heavy atom. The van der Waals surface area contributed by atoms with Gasteiger partial charge in [0.25, 0.3) is 0 Å². The molecule has 1 rings (SSSR count). The Bertz CT molecular complexity index is 285. The molecule has 1 aliphatic rings. The molecule has 0 aromatic carbocycles. The lowest BCUT2D eigenvalue weighted by molar-refractivity contribution is -0.122. The Balaban J connectivity index is 2.15. The molecule has 1 amide bonds. The number of hydrogen-bond acceptors (Lipinski definition) is 1. The van der Waals surface area contributed by atoms with Crippen LogP contribution < -0.4 is 5.32 Å². The van der Waals surface area contributed by atoms with Gasteiger partial charge in [0.1, 0.15) is 0 Å².